The molecule has 0 saturated carbocycles. The molecule has 0 aliphatic carbocycles. The summed E-state index contributed by atoms with van der Waals surface area (Å²) in [7, 11) is 0. The monoisotopic (exact) mass is 301 g/mol. The van der Waals surface area contributed by atoms with Crippen LogP contribution in [0.4, 0.5) is 0 Å². The molecule has 3 rings (SSSR count). The summed E-state index contributed by atoms with van der Waals surface area (Å²) in [5.41, 5.74) is 2.74. The normalized spacial score (nSPS) is 11.0. The average Bonchev–Trinajstić information content (AvgIpc) is 2.83. The molecule has 0 bridgehead atoms. The smallest absolute Gasteiger partial charge is 0.163 e. The minimum Gasteiger partial charge on any atom is -0.505 e. The number of aromatic hydroxyl groups is 1. The van der Waals surface area contributed by atoms with Crippen LogP contribution in [0.1, 0.15) is 22.8 Å². The molecule has 3 aromatic rings. The lowest BCUT2D eigenvalue weighted by atomic mass is 10.1. The molecule has 5 nitrogen and oxygen atoms in total. The molecule has 0 saturated heterocycles. The number of aromatic nitrogens is 3. The number of rotatable bonds is 2. The molecule has 21 heavy (non-hydrogen) atoms. The van der Waals surface area contributed by atoms with Crippen molar-refractivity contribution in [1.29, 1.82) is 0 Å². The number of aryl methyl sites for hydroxylation is 1. The Morgan fingerprint density at radius 1 is 1.19 bits per heavy atom. The van der Waals surface area contributed by atoms with Crippen molar-refractivity contribution in [3.8, 4) is 11.4 Å². The maximum Gasteiger partial charge on any atom is 0.163 e. The largest absolute Gasteiger partial charge is 0.505 e. The molecule has 0 aliphatic rings. The molecule has 1 N–H and O–H groups in total. The van der Waals surface area contributed by atoms with E-state index in [2.05, 4.69) is 10.2 Å². The van der Waals surface area contributed by atoms with Crippen LogP contribution < -0.4 is 0 Å². The van der Waals surface area contributed by atoms with Crippen LogP contribution in [-0.2, 0) is 0 Å². The van der Waals surface area contributed by atoms with E-state index in [1.807, 2.05) is 6.92 Å². The lowest BCUT2D eigenvalue weighted by molar-refractivity contribution is 0.101. The van der Waals surface area contributed by atoms with Crippen molar-refractivity contribution in [2.75, 3.05) is 0 Å². The Balaban J connectivity index is 2.24. The summed E-state index contributed by atoms with van der Waals surface area (Å²) in [6.07, 6.45) is 0. The standard InChI is InChI=1S/C15H12ClN3O2/c1-8-5-11(9(2)20)15(21)14(6-8)19-17-12-4-3-10(16)7-13(12)18-19/h3-7,21H,1-2H3. The minimum atomic E-state index is -0.211. The van der Waals surface area contributed by atoms with Gasteiger partial charge in [-0.2, -0.15) is 0 Å². The fraction of sp³-hybridized carbons (Fsp3) is 0.133. The zero-order valence-corrected chi connectivity index (χ0v) is 12.2. The highest BCUT2D eigenvalue weighted by Crippen LogP contribution is 2.28. The van der Waals surface area contributed by atoms with E-state index in [4.69, 9.17) is 11.6 Å². The molecule has 2 aromatic carbocycles. The van der Waals surface area contributed by atoms with E-state index in [1.165, 1.54) is 11.7 Å². The van der Waals surface area contributed by atoms with Gasteiger partial charge in [-0.3, -0.25) is 4.79 Å². The van der Waals surface area contributed by atoms with Gasteiger partial charge in [0.15, 0.2) is 11.5 Å². The van der Waals surface area contributed by atoms with E-state index in [0.717, 1.165) is 5.56 Å². The van der Waals surface area contributed by atoms with Crippen LogP contribution in [0.3, 0.4) is 0 Å². The highest BCUT2D eigenvalue weighted by atomic mass is 35.5. The second kappa shape index (κ2) is 4.86. The lowest BCUT2D eigenvalue weighted by Gasteiger charge is -2.08. The number of fused-ring (bicyclic) bond motifs is 1. The molecule has 0 unspecified atom stereocenters. The molecule has 106 valence electrons. The van der Waals surface area contributed by atoms with Gasteiger partial charge in [-0.05, 0) is 49.7 Å². The number of phenolic OH excluding ortho intramolecular Hbond substituents is 1. The maximum absolute atomic E-state index is 11.6. The quantitative estimate of drug-likeness (QED) is 0.737. The number of hydrogen-bond acceptors (Lipinski definition) is 4. The van der Waals surface area contributed by atoms with Crippen molar-refractivity contribution in [3.05, 3.63) is 46.5 Å². The summed E-state index contributed by atoms with van der Waals surface area (Å²) in [6, 6.07) is 8.53. The van der Waals surface area contributed by atoms with Gasteiger partial charge in [0.25, 0.3) is 0 Å². The van der Waals surface area contributed by atoms with Crippen LogP contribution in [0.25, 0.3) is 16.7 Å². The van der Waals surface area contributed by atoms with Gasteiger partial charge in [0.05, 0.1) is 5.56 Å². The molecule has 6 heteroatoms. The van der Waals surface area contributed by atoms with E-state index in [-0.39, 0.29) is 17.1 Å². The molecule has 0 spiro atoms. The number of ketones is 1. The summed E-state index contributed by atoms with van der Waals surface area (Å²) in [5, 5.41) is 19.4. The van der Waals surface area contributed by atoms with Crippen LogP contribution in [0.15, 0.2) is 30.3 Å². The second-order valence-electron chi connectivity index (χ2n) is 4.86. The van der Waals surface area contributed by atoms with Crippen LogP contribution in [0.2, 0.25) is 5.02 Å². The Kier molecular flexibility index (Phi) is 3.14. The minimum absolute atomic E-state index is 0.125. The molecular formula is C15H12ClN3O2. The predicted molar refractivity (Wildman–Crippen MR) is 80.3 cm³/mol. The Morgan fingerprint density at radius 2 is 1.90 bits per heavy atom. The zero-order chi connectivity index (χ0) is 15.1. The van der Waals surface area contributed by atoms with Gasteiger partial charge in [-0.25, -0.2) is 0 Å². The van der Waals surface area contributed by atoms with Crippen LogP contribution in [0, 0.1) is 6.92 Å². The van der Waals surface area contributed by atoms with Gasteiger partial charge in [0, 0.05) is 5.02 Å². The van der Waals surface area contributed by atoms with Gasteiger partial charge in [0.1, 0.15) is 16.7 Å². The summed E-state index contributed by atoms with van der Waals surface area (Å²) >= 11 is 5.93. The average molecular weight is 302 g/mol. The number of benzene rings is 2. The van der Waals surface area contributed by atoms with Gasteiger partial charge < -0.3 is 5.11 Å². The van der Waals surface area contributed by atoms with Crippen LogP contribution in [-0.4, -0.2) is 25.9 Å². The summed E-state index contributed by atoms with van der Waals surface area (Å²) in [4.78, 5) is 12.9. The number of hydrogen-bond donors (Lipinski definition) is 1. The Hall–Kier alpha value is -2.40. The van der Waals surface area contributed by atoms with Gasteiger partial charge in [0.2, 0.25) is 0 Å². The summed E-state index contributed by atoms with van der Waals surface area (Å²) in [6.45, 7) is 3.25. The Labute approximate surface area is 125 Å². The van der Waals surface area contributed by atoms with Crippen molar-refractivity contribution in [3.63, 3.8) is 0 Å². The molecule has 0 fully saturated rings. The molecule has 0 amide bonds. The molecule has 0 radical (unpaired) electrons. The van der Waals surface area contributed by atoms with E-state index in [1.54, 1.807) is 30.3 Å². The van der Waals surface area contributed by atoms with Crippen molar-refractivity contribution in [1.82, 2.24) is 15.0 Å². The van der Waals surface area contributed by atoms with Gasteiger partial charge >= 0.3 is 0 Å². The molecule has 1 heterocycles. The Bertz CT molecular complexity index is 871. The van der Waals surface area contributed by atoms with Crippen LogP contribution in [0.5, 0.6) is 5.75 Å². The third-order valence-electron chi connectivity index (χ3n) is 3.17. The van der Waals surface area contributed by atoms with Crippen molar-refractivity contribution >= 4 is 28.4 Å². The van der Waals surface area contributed by atoms with Crippen molar-refractivity contribution < 1.29 is 9.90 Å². The predicted octanol–water partition coefficient (Wildman–Crippen LogP) is 3.29. The first kappa shape index (κ1) is 13.6. The van der Waals surface area contributed by atoms with Crippen molar-refractivity contribution in [2.24, 2.45) is 0 Å². The molecule has 0 atom stereocenters. The topological polar surface area (TPSA) is 68.0 Å². The zero-order valence-electron chi connectivity index (χ0n) is 11.5. The third-order valence-corrected chi connectivity index (χ3v) is 3.41. The maximum atomic E-state index is 11.6. The number of phenols is 1. The highest BCUT2D eigenvalue weighted by molar-refractivity contribution is 6.31. The summed E-state index contributed by atoms with van der Waals surface area (Å²) < 4.78 is 0. The number of Topliss-reactive ketones (excluding diaryl/α,β-unsaturated/α-hetero) is 1. The second-order valence-corrected chi connectivity index (χ2v) is 5.30. The summed E-state index contributed by atoms with van der Waals surface area (Å²) in [5.74, 6) is -0.336. The van der Waals surface area contributed by atoms with Gasteiger partial charge in [-0.15, -0.1) is 15.0 Å². The van der Waals surface area contributed by atoms with E-state index in [9.17, 15) is 9.90 Å². The fourth-order valence-corrected chi connectivity index (χ4v) is 2.34. The van der Waals surface area contributed by atoms with E-state index >= 15 is 0 Å². The fourth-order valence-electron chi connectivity index (χ4n) is 2.18. The lowest BCUT2D eigenvalue weighted by Crippen LogP contribution is -2.03. The number of carbonyl (C=O) groups excluding carboxylic acids is 1. The first-order chi connectivity index (χ1) is 9.95. The van der Waals surface area contributed by atoms with Gasteiger partial charge in [-0.1, -0.05) is 11.6 Å². The molecular weight excluding hydrogens is 290 g/mol. The Morgan fingerprint density at radius 3 is 2.62 bits per heavy atom. The number of nitrogens with zero attached hydrogens (tertiary/aromatic N) is 3. The third kappa shape index (κ3) is 2.36. The first-order valence-electron chi connectivity index (χ1n) is 6.33. The van der Waals surface area contributed by atoms with E-state index < -0.39 is 0 Å². The van der Waals surface area contributed by atoms with E-state index in [0.29, 0.717) is 21.7 Å². The van der Waals surface area contributed by atoms with Crippen molar-refractivity contribution in [2.45, 2.75) is 13.8 Å². The first-order valence-corrected chi connectivity index (χ1v) is 6.71. The SMILES string of the molecule is CC(=O)c1cc(C)cc(-n2nc3ccc(Cl)cc3n2)c1O. The molecule has 0 aliphatic heterocycles. The highest BCUT2D eigenvalue weighted by Gasteiger charge is 2.16. The number of halogens is 1. The molecule has 1 aromatic heterocycles. The van der Waals surface area contributed by atoms with Crippen LogP contribution >= 0.6 is 11.6 Å². The number of carbonyl (C=O) groups is 1.